The SMILES string of the molecule is O=C(C1NCC2CCCC21)N1CCS(=O)(=O)CC1. The molecule has 2 saturated heterocycles. The molecule has 3 fully saturated rings. The summed E-state index contributed by atoms with van der Waals surface area (Å²) in [5.41, 5.74) is 0. The van der Waals surface area contributed by atoms with Gasteiger partial charge in [-0.1, -0.05) is 6.42 Å². The highest BCUT2D eigenvalue weighted by Crippen LogP contribution is 2.38. The Hall–Kier alpha value is -0.620. The van der Waals surface area contributed by atoms with Gasteiger partial charge in [0.1, 0.15) is 0 Å². The van der Waals surface area contributed by atoms with Gasteiger partial charge in [-0.05, 0) is 31.2 Å². The Balaban J connectivity index is 1.65. The van der Waals surface area contributed by atoms with Crippen LogP contribution in [0.3, 0.4) is 0 Å². The third-order valence-corrected chi connectivity index (χ3v) is 6.28. The minimum Gasteiger partial charge on any atom is -0.339 e. The Bertz CT molecular complexity index is 434. The number of hydrogen-bond acceptors (Lipinski definition) is 4. The second kappa shape index (κ2) is 4.49. The average molecular weight is 272 g/mol. The van der Waals surface area contributed by atoms with Crippen LogP contribution in [0.1, 0.15) is 19.3 Å². The molecule has 3 unspecified atom stereocenters. The standard InChI is InChI=1S/C12H20N2O3S/c15-12(14-4-6-18(16,17)7-5-14)11-10-3-1-2-9(10)8-13-11/h9-11,13H,1-8H2. The molecular formula is C12H20N2O3S. The number of fused-ring (bicyclic) bond motifs is 1. The maximum Gasteiger partial charge on any atom is 0.240 e. The first-order valence-electron chi connectivity index (χ1n) is 6.79. The Morgan fingerprint density at radius 3 is 2.61 bits per heavy atom. The molecule has 18 heavy (non-hydrogen) atoms. The maximum absolute atomic E-state index is 12.4. The molecule has 1 amide bonds. The molecule has 0 bridgehead atoms. The van der Waals surface area contributed by atoms with Crippen LogP contribution >= 0.6 is 0 Å². The molecule has 3 rings (SSSR count). The van der Waals surface area contributed by atoms with Crippen LogP contribution in [0.15, 0.2) is 0 Å². The Kier molecular flexibility index (Phi) is 3.10. The highest BCUT2D eigenvalue weighted by Gasteiger charge is 2.44. The summed E-state index contributed by atoms with van der Waals surface area (Å²) in [4.78, 5) is 14.2. The first kappa shape index (κ1) is 12.4. The molecule has 1 saturated carbocycles. The van der Waals surface area contributed by atoms with Crippen LogP contribution in [0.25, 0.3) is 0 Å². The van der Waals surface area contributed by atoms with Crippen molar-refractivity contribution in [3.05, 3.63) is 0 Å². The van der Waals surface area contributed by atoms with Gasteiger partial charge >= 0.3 is 0 Å². The summed E-state index contributed by atoms with van der Waals surface area (Å²) in [5, 5.41) is 3.34. The van der Waals surface area contributed by atoms with Crippen LogP contribution in [0.2, 0.25) is 0 Å². The number of carbonyl (C=O) groups excluding carboxylic acids is 1. The lowest BCUT2D eigenvalue weighted by Crippen LogP contribution is -2.51. The van der Waals surface area contributed by atoms with Crippen molar-refractivity contribution in [2.75, 3.05) is 31.1 Å². The van der Waals surface area contributed by atoms with Gasteiger partial charge in [0.2, 0.25) is 5.91 Å². The van der Waals surface area contributed by atoms with Crippen molar-refractivity contribution in [2.24, 2.45) is 11.8 Å². The molecule has 1 N–H and O–H groups in total. The molecule has 0 radical (unpaired) electrons. The van der Waals surface area contributed by atoms with Gasteiger partial charge in [-0.25, -0.2) is 8.42 Å². The number of amides is 1. The second-order valence-electron chi connectivity index (χ2n) is 5.72. The van der Waals surface area contributed by atoms with Crippen LogP contribution < -0.4 is 5.32 Å². The average Bonchev–Trinajstić information content (AvgIpc) is 2.89. The van der Waals surface area contributed by atoms with E-state index in [0.29, 0.717) is 24.9 Å². The van der Waals surface area contributed by atoms with Crippen LogP contribution in [-0.2, 0) is 14.6 Å². The fourth-order valence-electron chi connectivity index (χ4n) is 3.59. The zero-order valence-corrected chi connectivity index (χ0v) is 11.3. The zero-order chi connectivity index (χ0) is 12.8. The smallest absolute Gasteiger partial charge is 0.240 e. The van der Waals surface area contributed by atoms with Crippen LogP contribution in [0.5, 0.6) is 0 Å². The van der Waals surface area contributed by atoms with Crippen molar-refractivity contribution >= 4 is 15.7 Å². The van der Waals surface area contributed by atoms with Gasteiger partial charge in [0, 0.05) is 13.1 Å². The topological polar surface area (TPSA) is 66.5 Å². The minimum absolute atomic E-state index is 0.0571. The van der Waals surface area contributed by atoms with E-state index in [1.54, 1.807) is 4.90 Å². The normalized spacial score (nSPS) is 38.7. The fourth-order valence-corrected chi connectivity index (χ4v) is 4.79. The molecule has 0 aromatic rings. The summed E-state index contributed by atoms with van der Waals surface area (Å²) in [6.45, 7) is 1.70. The minimum atomic E-state index is -2.90. The quantitative estimate of drug-likeness (QED) is 0.707. The molecule has 3 aliphatic rings. The number of nitrogens with one attached hydrogen (secondary N) is 1. The Morgan fingerprint density at radius 2 is 1.89 bits per heavy atom. The number of carbonyl (C=O) groups is 1. The van der Waals surface area contributed by atoms with Crippen LogP contribution in [0.4, 0.5) is 0 Å². The van der Waals surface area contributed by atoms with Crippen molar-refractivity contribution in [2.45, 2.75) is 25.3 Å². The van der Waals surface area contributed by atoms with Gasteiger partial charge in [0.25, 0.3) is 0 Å². The molecule has 2 heterocycles. The van der Waals surface area contributed by atoms with Crippen molar-refractivity contribution in [1.29, 1.82) is 0 Å². The van der Waals surface area contributed by atoms with Crippen molar-refractivity contribution in [1.82, 2.24) is 10.2 Å². The molecule has 0 aromatic heterocycles. The van der Waals surface area contributed by atoms with Gasteiger partial charge in [0.15, 0.2) is 9.84 Å². The molecule has 0 spiro atoms. The highest BCUT2D eigenvalue weighted by molar-refractivity contribution is 7.91. The van der Waals surface area contributed by atoms with E-state index in [9.17, 15) is 13.2 Å². The molecular weight excluding hydrogens is 252 g/mol. The van der Waals surface area contributed by atoms with Crippen molar-refractivity contribution in [3.63, 3.8) is 0 Å². The fraction of sp³-hybridized carbons (Fsp3) is 0.917. The lowest BCUT2D eigenvalue weighted by molar-refractivity contribution is -0.133. The summed E-state index contributed by atoms with van der Waals surface area (Å²) in [6.07, 6.45) is 3.60. The predicted octanol–water partition coefficient (Wildman–Crippen LogP) is -0.368. The number of rotatable bonds is 1. The van der Waals surface area contributed by atoms with E-state index in [1.807, 2.05) is 0 Å². The van der Waals surface area contributed by atoms with Crippen LogP contribution in [0, 0.1) is 11.8 Å². The van der Waals surface area contributed by atoms with Gasteiger partial charge in [-0.3, -0.25) is 4.79 Å². The monoisotopic (exact) mass is 272 g/mol. The summed E-state index contributed by atoms with van der Waals surface area (Å²) in [7, 11) is -2.90. The van der Waals surface area contributed by atoms with E-state index < -0.39 is 9.84 Å². The Labute approximate surface area is 108 Å². The van der Waals surface area contributed by atoms with Gasteiger partial charge in [0.05, 0.1) is 17.5 Å². The number of nitrogens with zero attached hydrogens (tertiary/aromatic N) is 1. The van der Waals surface area contributed by atoms with E-state index in [-0.39, 0.29) is 23.5 Å². The first-order valence-corrected chi connectivity index (χ1v) is 8.61. The summed E-state index contributed by atoms with van der Waals surface area (Å²) in [5.74, 6) is 1.52. The molecule has 0 aromatic carbocycles. The second-order valence-corrected chi connectivity index (χ2v) is 8.02. The van der Waals surface area contributed by atoms with E-state index in [1.165, 1.54) is 12.8 Å². The van der Waals surface area contributed by atoms with Gasteiger partial charge in [-0.15, -0.1) is 0 Å². The van der Waals surface area contributed by atoms with Crippen molar-refractivity contribution in [3.8, 4) is 0 Å². The zero-order valence-electron chi connectivity index (χ0n) is 10.5. The third kappa shape index (κ3) is 2.16. The number of hydrogen-bond donors (Lipinski definition) is 1. The first-order chi connectivity index (χ1) is 8.57. The van der Waals surface area contributed by atoms with Gasteiger partial charge in [-0.2, -0.15) is 0 Å². The molecule has 1 aliphatic carbocycles. The molecule has 102 valence electrons. The Morgan fingerprint density at radius 1 is 1.17 bits per heavy atom. The summed E-state index contributed by atoms with van der Waals surface area (Å²) in [6, 6.07) is -0.0571. The number of sulfone groups is 1. The molecule has 2 aliphatic heterocycles. The van der Waals surface area contributed by atoms with E-state index in [4.69, 9.17) is 0 Å². The van der Waals surface area contributed by atoms with E-state index in [0.717, 1.165) is 13.0 Å². The maximum atomic E-state index is 12.4. The lowest BCUT2D eigenvalue weighted by Gasteiger charge is -2.30. The van der Waals surface area contributed by atoms with E-state index in [2.05, 4.69) is 5.32 Å². The predicted molar refractivity (Wildman–Crippen MR) is 67.9 cm³/mol. The summed E-state index contributed by atoms with van der Waals surface area (Å²) < 4.78 is 22.7. The molecule has 3 atom stereocenters. The van der Waals surface area contributed by atoms with E-state index >= 15 is 0 Å². The highest BCUT2D eigenvalue weighted by atomic mass is 32.2. The van der Waals surface area contributed by atoms with Crippen molar-refractivity contribution < 1.29 is 13.2 Å². The third-order valence-electron chi connectivity index (χ3n) is 4.67. The lowest BCUT2D eigenvalue weighted by atomic mass is 9.93. The largest absolute Gasteiger partial charge is 0.339 e. The van der Waals surface area contributed by atoms with Crippen LogP contribution in [-0.4, -0.2) is 56.4 Å². The molecule has 6 heteroatoms. The van der Waals surface area contributed by atoms with Gasteiger partial charge < -0.3 is 10.2 Å². The summed E-state index contributed by atoms with van der Waals surface area (Å²) >= 11 is 0. The molecule has 5 nitrogen and oxygen atoms in total.